The van der Waals surface area contributed by atoms with Gasteiger partial charge in [-0.3, -0.25) is 9.59 Å². The van der Waals surface area contributed by atoms with Gasteiger partial charge in [-0.05, 0) is 35.7 Å². The number of ketones is 1. The predicted octanol–water partition coefficient (Wildman–Crippen LogP) is 5.89. The van der Waals surface area contributed by atoms with Crippen molar-refractivity contribution in [3.63, 3.8) is 0 Å². The van der Waals surface area contributed by atoms with Crippen LogP contribution in [-0.2, 0) is 4.79 Å². The van der Waals surface area contributed by atoms with Crippen molar-refractivity contribution in [3.05, 3.63) is 77.9 Å². The molecule has 1 fully saturated rings. The number of nitrogens with zero attached hydrogens (tertiary/aromatic N) is 1. The molecule has 1 aliphatic rings. The molecule has 5 nitrogen and oxygen atoms in total. The zero-order valence-electron chi connectivity index (χ0n) is 16.5. The second-order valence-corrected chi connectivity index (χ2v) is 8.71. The Morgan fingerprint density at radius 1 is 0.969 bits per heavy atom. The molecule has 8 heteroatoms. The molecule has 4 aromatic rings. The first-order valence-corrected chi connectivity index (χ1v) is 10.7. The van der Waals surface area contributed by atoms with Gasteiger partial charge in [0.1, 0.15) is 11.3 Å². The molecule has 3 aromatic carbocycles. The van der Waals surface area contributed by atoms with Crippen LogP contribution in [-0.4, -0.2) is 21.8 Å². The van der Waals surface area contributed by atoms with Crippen LogP contribution in [0.25, 0.3) is 21.3 Å². The molecule has 160 valence electrons. The summed E-state index contributed by atoms with van der Waals surface area (Å²) in [6.07, 6.45) is 0.403. The number of rotatable bonds is 6. The summed E-state index contributed by atoms with van der Waals surface area (Å²) in [5, 5.41) is 12.6. The minimum absolute atomic E-state index is 0.129. The van der Waals surface area contributed by atoms with E-state index in [0.717, 1.165) is 34.2 Å². The zero-order chi connectivity index (χ0) is 22.4. The number of carbonyl (C=O) groups is 2. The number of halogens is 2. The van der Waals surface area contributed by atoms with E-state index in [1.165, 1.54) is 6.07 Å². The van der Waals surface area contributed by atoms with Gasteiger partial charge in [0.15, 0.2) is 16.7 Å². The molecule has 0 aliphatic heterocycles. The molecule has 1 aliphatic carbocycles. The SMILES string of the molecule is O=C(O)C1CC1C(=O)c1ccc(-c2ccc(Nc3nc4c(F)cc(F)cc4s3)cc2)cc1. The standard InChI is InChI=1S/C24H16F2N2O3S/c25-15-9-19(26)21-20(10-15)32-24(28-21)27-16-7-5-13(6-8-16)12-1-3-14(4-2-12)22(29)17-11-18(17)23(30)31/h1-10,17-18H,11H2,(H,27,28)(H,30,31). The summed E-state index contributed by atoms with van der Waals surface area (Å²) in [5.74, 6) is -3.36. The van der Waals surface area contributed by atoms with Gasteiger partial charge in [-0.1, -0.05) is 47.7 Å². The molecule has 2 N–H and O–H groups in total. The van der Waals surface area contributed by atoms with E-state index in [0.29, 0.717) is 21.8 Å². The van der Waals surface area contributed by atoms with E-state index in [9.17, 15) is 18.4 Å². The molecule has 1 heterocycles. The number of aromatic nitrogens is 1. The van der Waals surface area contributed by atoms with Crippen molar-refractivity contribution in [2.24, 2.45) is 11.8 Å². The lowest BCUT2D eigenvalue weighted by molar-refractivity contribution is -0.138. The van der Waals surface area contributed by atoms with Gasteiger partial charge in [-0.2, -0.15) is 0 Å². The van der Waals surface area contributed by atoms with Gasteiger partial charge in [-0.25, -0.2) is 13.8 Å². The number of carbonyl (C=O) groups excluding carboxylic acids is 1. The second kappa shape index (κ2) is 7.80. The Balaban J connectivity index is 1.29. The molecular formula is C24H16F2N2O3S. The van der Waals surface area contributed by atoms with E-state index >= 15 is 0 Å². The summed E-state index contributed by atoms with van der Waals surface area (Å²) >= 11 is 1.16. The van der Waals surface area contributed by atoms with E-state index in [1.807, 2.05) is 36.4 Å². The number of benzene rings is 3. The van der Waals surface area contributed by atoms with Gasteiger partial charge in [0.2, 0.25) is 0 Å². The minimum atomic E-state index is -0.920. The topological polar surface area (TPSA) is 79.3 Å². The molecule has 0 amide bonds. The van der Waals surface area contributed by atoms with Crippen LogP contribution in [0.3, 0.4) is 0 Å². The first-order valence-electron chi connectivity index (χ1n) is 9.89. The summed E-state index contributed by atoms with van der Waals surface area (Å²) < 4.78 is 27.7. The Bertz CT molecular complexity index is 1350. The number of carboxylic acid groups (broad SMARTS) is 1. The van der Waals surface area contributed by atoms with Gasteiger partial charge >= 0.3 is 5.97 Å². The largest absolute Gasteiger partial charge is 0.481 e. The lowest BCUT2D eigenvalue weighted by Gasteiger charge is -2.06. The summed E-state index contributed by atoms with van der Waals surface area (Å²) in [4.78, 5) is 27.5. The maximum absolute atomic E-state index is 13.8. The molecule has 5 rings (SSSR count). The minimum Gasteiger partial charge on any atom is -0.481 e. The molecular weight excluding hydrogens is 434 g/mol. The molecule has 0 bridgehead atoms. The second-order valence-electron chi connectivity index (χ2n) is 7.68. The summed E-state index contributed by atoms with van der Waals surface area (Å²) in [6.45, 7) is 0. The molecule has 2 atom stereocenters. The highest BCUT2D eigenvalue weighted by molar-refractivity contribution is 7.22. The summed E-state index contributed by atoms with van der Waals surface area (Å²) in [5.41, 5.74) is 3.23. The molecule has 32 heavy (non-hydrogen) atoms. The van der Waals surface area contributed by atoms with Crippen LogP contribution in [0.5, 0.6) is 0 Å². The highest BCUT2D eigenvalue weighted by Crippen LogP contribution is 2.41. The van der Waals surface area contributed by atoms with E-state index in [4.69, 9.17) is 5.11 Å². The highest BCUT2D eigenvalue weighted by Gasteiger charge is 2.48. The fraction of sp³-hybridized carbons (Fsp3) is 0.125. The van der Waals surface area contributed by atoms with E-state index in [2.05, 4.69) is 10.3 Å². The van der Waals surface area contributed by atoms with Crippen molar-refractivity contribution in [1.29, 1.82) is 0 Å². The normalized spacial score (nSPS) is 17.3. The van der Waals surface area contributed by atoms with Crippen LogP contribution in [0.15, 0.2) is 60.7 Å². The Morgan fingerprint density at radius 2 is 1.62 bits per heavy atom. The van der Waals surface area contributed by atoms with Crippen molar-refractivity contribution in [3.8, 4) is 11.1 Å². The molecule has 2 unspecified atom stereocenters. The summed E-state index contributed by atoms with van der Waals surface area (Å²) in [6, 6.07) is 16.7. The van der Waals surface area contributed by atoms with Crippen molar-refractivity contribution in [2.45, 2.75) is 6.42 Å². The molecule has 1 saturated carbocycles. The fourth-order valence-electron chi connectivity index (χ4n) is 3.68. The first-order chi connectivity index (χ1) is 15.4. The Hall–Kier alpha value is -3.65. The number of thiazole rings is 1. The van der Waals surface area contributed by atoms with Gasteiger partial charge < -0.3 is 10.4 Å². The quantitative estimate of drug-likeness (QED) is 0.358. The Kier molecular flexibility index (Phi) is 4.94. The lowest BCUT2D eigenvalue weighted by Crippen LogP contribution is -2.08. The third kappa shape index (κ3) is 3.85. The van der Waals surface area contributed by atoms with Gasteiger partial charge in [0.25, 0.3) is 0 Å². The maximum atomic E-state index is 13.8. The Labute approximate surface area is 185 Å². The zero-order valence-corrected chi connectivity index (χ0v) is 17.3. The number of carboxylic acids is 1. The third-order valence-electron chi connectivity index (χ3n) is 5.50. The predicted molar refractivity (Wildman–Crippen MR) is 118 cm³/mol. The number of nitrogens with one attached hydrogen (secondary N) is 1. The average molecular weight is 450 g/mol. The number of hydrogen-bond acceptors (Lipinski definition) is 5. The van der Waals surface area contributed by atoms with Crippen molar-refractivity contribution in [2.75, 3.05) is 5.32 Å². The number of hydrogen-bond donors (Lipinski definition) is 2. The van der Waals surface area contributed by atoms with Crippen LogP contribution in [0.4, 0.5) is 19.6 Å². The molecule has 0 radical (unpaired) electrons. The molecule has 1 aromatic heterocycles. The van der Waals surface area contributed by atoms with Crippen LogP contribution in [0.1, 0.15) is 16.8 Å². The average Bonchev–Trinajstić information content (AvgIpc) is 3.48. The fourth-order valence-corrected chi connectivity index (χ4v) is 4.60. The lowest BCUT2D eigenvalue weighted by atomic mass is 10.0. The third-order valence-corrected chi connectivity index (χ3v) is 6.41. The van der Waals surface area contributed by atoms with Gasteiger partial charge in [0.05, 0.1) is 10.6 Å². The number of fused-ring (bicyclic) bond motifs is 1. The van der Waals surface area contributed by atoms with Crippen LogP contribution >= 0.6 is 11.3 Å². The number of aliphatic carboxylic acids is 1. The van der Waals surface area contributed by atoms with Gasteiger partial charge in [-0.15, -0.1) is 0 Å². The molecule has 0 saturated heterocycles. The van der Waals surface area contributed by atoms with Crippen molar-refractivity contribution in [1.82, 2.24) is 4.98 Å². The van der Waals surface area contributed by atoms with E-state index < -0.39 is 29.4 Å². The Morgan fingerprint density at radius 3 is 2.25 bits per heavy atom. The highest BCUT2D eigenvalue weighted by atomic mass is 32.1. The van der Waals surface area contributed by atoms with E-state index in [-0.39, 0.29) is 11.3 Å². The number of Topliss-reactive ketones (excluding diaryl/α,β-unsaturated/α-hetero) is 1. The van der Waals surface area contributed by atoms with Crippen molar-refractivity contribution >= 4 is 44.1 Å². The van der Waals surface area contributed by atoms with Crippen LogP contribution < -0.4 is 5.32 Å². The van der Waals surface area contributed by atoms with Crippen LogP contribution in [0, 0.1) is 23.5 Å². The first kappa shape index (κ1) is 20.3. The van der Waals surface area contributed by atoms with Crippen molar-refractivity contribution < 1.29 is 23.5 Å². The molecule has 0 spiro atoms. The monoisotopic (exact) mass is 450 g/mol. The smallest absolute Gasteiger partial charge is 0.307 e. The number of anilines is 2. The maximum Gasteiger partial charge on any atom is 0.307 e. The van der Waals surface area contributed by atoms with Gasteiger partial charge in [0, 0.05) is 23.2 Å². The summed E-state index contributed by atoms with van der Waals surface area (Å²) in [7, 11) is 0. The van der Waals surface area contributed by atoms with E-state index in [1.54, 1.807) is 12.1 Å². The van der Waals surface area contributed by atoms with Crippen LogP contribution in [0.2, 0.25) is 0 Å².